The Morgan fingerprint density at radius 3 is 2.28 bits per heavy atom. The summed E-state index contributed by atoms with van der Waals surface area (Å²) in [5.74, 6) is 0.688. The van der Waals surface area contributed by atoms with Crippen LogP contribution in [0.2, 0.25) is 0 Å². The summed E-state index contributed by atoms with van der Waals surface area (Å²) in [4.78, 5) is 32.0. The molecule has 0 atom stereocenters. The topological polar surface area (TPSA) is 81.3 Å². The van der Waals surface area contributed by atoms with Crippen LogP contribution in [0, 0.1) is 17.0 Å². The largest absolute Gasteiger partial charge is 0.294 e. The first-order chi connectivity index (χ1) is 17.4. The molecule has 0 saturated carbocycles. The van der Waals surface area contributed by atoms with Gasteiger partial charge in [0.15, 0.2) is 0 Å². The minimum atomic E-state index is -0.391. The van der Waals surface area contributed by atoms with Gasteiger partial charge in [-0.3, -0.25) is 24.4 Å². The van der Waals surface area contributed by atoms with Gasteiger partial charge >= 0.3 is 0 Å². The van der Waals surface area contributed by atoms with E-state index in [1.807, 2.05) is 73.7 Å². The van der Waals surface area contributed by atoms with Crippen molar-refractivity contribution in [2.75, 3.05) is 6.54 Å². The lowest BCUT2D eigenvalue weighted by molar-refractivity contribution is -0.385. The Kier molecular flexibility index (Phi) is 6.80. The van der Waals surface area contributed by atoms with Crippen molar-refractivity contribution < 1.29 is 4.92 Å². The number of benzene rings is 3. The van der Waals surface area contributed by atoms with Gasteiger partial charge in [0, 0.05) is 32.1 Å². The van der Waals surface area contributed by atoms with Gasteiger partial charge in [-0.15, -0.1) is 0 Å². The zero-order chi connectivity index (χ0) is 25.2. The normalized spacial score (nSPS) is 13.5. The molecule has 5 rings (SSSR count). The fourth-order valence-electron chi connectivity index (χ4n) is 4.92. The van der Waals surface area contributed by atoms with Crippen LogP contribution >= 0.6 is 15.9 Å². The van der Waals surface area contributed by atoms with E-state index in [2.05, 4.69) is 20.8 Å². The summed E-state index contributed by atoms with van der Waals surface area (Å²) in [5.41, 5.74) is 4.40. The fourth-order valence-corrected chi connectivity index (χ4v) is 5.31. The van der Waals surface area contributed by atoms with E-state index in [9.17, 15) is 14.9 Å². The first kappa shape index (κ1) is 24.1. The Morgan fingerprint density at radius 1 is 1.03 bits per heavy atom. The zero-order valence-electron chi connectivity index (χ0n) is 19.8. The first-order valence-corrected chi connectivity index (χ1v) is 12.6. The number of nitrogens with zero attached hydrogens (tertiary/aromatic N) is 4. The Hall–Kier alpha value is -3.62. The number of hydrogen-bond acceptors (Lipinski definition) is 5. The van der Waals surface area contributed by atoms with Crippen LogP contribution in [0.1, 0.15) is 39.8 Å². The molecule has 1 aliphatic rings. The highest BCUT2D eigenvalue weighted by molar-refractivity contribution is 9.10. The molecule has 1 aliphatic heterocycles. The summed E-state index contributed by atoms with van der Waals surface area (Å²) >= 11 is 3.25. The monoisotopic (exact) mass is 544 g/mol. The molecule has 8 heteroatoms. The third-order valence-electron chi connectivity index (χ3n) is 6.62. The van der Waals surface area contributed by atoms with Crippen molar-refractivity contribution in [3.8, 4) is 0 Å². The summed E-state index contributed by atoms with van der Waals surface area (Å²) < 4.78 is 2.26. The number of rotatable bonds is 6. The molecule has 0 spiro atoms. The maximum absolute atomic E-state index is 14.0. The Bertz CT molecular complexity index is 1430. The smallest absolute Gasteiger partial charge is 0.283 e. The molecule has 0 saturated heterocycles. The van der Waals surface area contributed by atoms with E-state index in [1.54, 1.807) is 16.7 Å². The van der Waals surface area contributed by atoms with Crippen molar-refractivity contribution in [3.05, 3.63) is 138 Å². The van der Waals surface area contributed by atoms with Crippen molar-refractivity contribution in [2.24, 2.45) is 0 Å². The number of nitro benzene ring substituents is 1. The van der Waals surface area contributed by atoms with Gasteiger partial charge < -0.3 is 0 Å². The minimum Gasteiger partial charge on any atom is -0.294 e. The molecule has 1 aromatic heterocycles. The second kappa shape index (κ2) is 10.2. The molecular formula is C28H25BrN4O3. The molecule has 0 unspecified atom stereocenters. The van der Waals surface area contributed by atoms with Crippen LogP contribution in [0.4, 0.5) is 5.69 Å². The highest BCUT2D eigenvalue weighted by Crippen LogP contribution is 2.29. The van der Waals surface area contributed by atoms with E-state index < -0.39 is 4.92 Å². The number of aromatic nitrogens is 2. The molecule has 7 nitrogen and oxygen atoms in total. The molecule has 0 radical (unpaired) electrons. The van der Waals surface area contributed by atoms with Crippen LogP contribution in [0.25, 0.3) is 0 Å². The lowest BCUT2D eigenvalue weighted by Crippen LogP contribution is -2.40. The molecular weight excluding hydrogens is 520 g/mol. The lowest BCUT2D eigenvalue weighted by atomic mass is 9.97. The van der Waals surface area contributed by atoms with Gasteiger partial charge in [0.05, 0.1) is 26.7 Å². The van der Waals surface area contributed by atoms with Crippen molar-refractivity contribution in [1.29, 1.82) is 0 Å². The summed E-state index contributed by atoms with van der Waals surface area (Å²) in [5, 5.41) is 11.4. The molecule has 0 N–H and O–H groups in total. The number of aryl methyl sites for hydroxylation is 1. The molecule has 4 aromatic rings. The predicted octanol–water partition coefficient (Wildman–Crippen LogP) is 5.42. The summed E-state index contributed by atoms with van der Waals surface area (Å²) in [6.45, 7) is 3.59. The molecule has 0 bridgehead atoms. The van der Waals surface area contributed by atoms with Gasteiger partial charge in [-0.25, -0.2) is 4.98 Å². The quantitative estimate of drug-likeness (QED) is 0.239. The van der Waals surface area contributed by atoms with E-state index in [4.69, 9.17) is 4.98 Å². The number of hydrogen-bond donors (Lipinski definition) is 0. The van der Waals surface area contributed by atoms with E-state index in [-0.39, 0.29) is 17.3 Å². The Balaban J connectivity index is 1.53. The van der Waals surface area contributed by atoms with Crippen molar-refractivity contribution in [3.63, 3.8) is 0 Å². The van der Waals surface area contributed by atoms with Gasteiger partial charge in [0.1, 0.15) is 5.82 Å². The molecule has 3 aromatic carbocycles. The second-order valence-electron chi connectivity index (χ2n) is 8.99. The standard InChI is InChI=1S/C28H25BrN4O3/c1-19-30-25-14-15-31(17-20-12-13-24(29)26(16-20)33(35)36)18-23(25)28(34)32(19)27(21-8-4-2-5-9-21)22-10-6-3-7-11-22/h2-13,16,27H,14-15,17-18H2,1H3. The number of fused-ring (bicyclic) bond motifs is 1. The van der Waals surface area contributed by atoms with Crippen molar-refractivity contribution in [2.45, 2.75) is 32.5 Å². The van der Waals surface area contributed by atoms with Crippen molar-refractivity contribution >= 4 is 21.6 Å². The highest BCUT2D eigenvalue weighted by atomic mass is 79.9. The summed E-state index contributed by atoms with van der Waals surface area (Å²) in [6, 6.07) is 24.9. The van der Waals surface area contributed by atoms with Crippen LogP contribution in [-0.4, -0.2) is 25.9 Å². The SMILES string of the molecule is Cc1nc2c(c(=O)n1C(c1ccccc1)c1ccccc1)CN(Cc1ccc(Br)c([N+](=O)[O-])c1)CC2. The van der Waals surface area contributed by atoms with Crippen molar-refractivity contribution in [1.82, 2.24) is 14.5 Å². The zero-order valence-corrected chi connectivity index (χ0v) is 21.4. The molecule has 0 aliphatic carbocycles. The summed E-state index contributed by atoms with van der Waals surface area (Å²) in [7, 11) is 0. The van der Waals surface area contributed by atoms with E-state index in [1.165, 1.54) is 0 Å². The molecule has 0 amide bonds. The van der Waals surface area contributed by atoms with Crippen LogP contribution < -0.4 is 5.56 Å². The van der Waals surface area contributed by atoms with Gasteiger partial charge in [-0.05, 0) is 45.6 Å². The van der Waals surface area contributed by atoms with Gasteiger partial charge in [0.2, 0.25) is 0 Å². The second-order valence-corrected chi connectivity index (χ2v) is 9.84. The average molecular weight is 545 g/mol. The molecule has 0 fully saturated rings. The maximum atomic E-state index is 14.0. The van der Waals surface area contributed by atoms with E-state index in [0.717, 1.165) is 28.9 Å². The van der Waals surface area contributed by atoms with Gasteiger partial charge in [0.25, 0.3) is 11.2 Å². The first-order valence-electron chi connectivity index (χ1n) is 11.8. The van der Waals surface area contributed by atoms with Crippen LogP contribution in [0.15, 0.2) is 88.1 Å². The number of halogens is 1. The summed E-state index contributed by atoms with van der Waals surface area (Å²) in [6.07, 6.45) is 0.659. The predicted molar refractivity (Wildman–Crippen MR) is 142 cm³/mol. The van der Waals surface area contributed by atoms with Gasteiger partial charge in [-0.1, -0.05) is 66.7 Å². The Morgan fingerprint density at radius 2 is 1.67 bits per heavy atom. The van der Waals surface area contributed by atoms with Crippen LogP contribution in [0.3, 0.4) is 0 Å². The molecule has 182 valence electrons. The fraction of sp³-hybridized carbons (Fsp3) is 0.214. The third kappa shape index (κ3) is 4.74. The molecule has 36 heavy (non-hydrogen) atoms. The Labute approximate surface area is 217 Å². The van der Waals surface area contributed by atoms with Gasteiger partial charge in [-0.2, -0.15) is 0 Å². The highest BCUT2D eigenvalue weighted by Gasteiger charge is 2.27. The molecule has 2 heterocycles. The van der Waals surface area contributed by atoms with Crippen LogP contribution in [0.5, 0.6) is 0 Å². The van der Waals surface area contributed by atoms with Crippen LogP contribution in [-0.2, 0) is 19.5 Å². The minimum absolute atomic E-state index is 0.0399. The third-order valence-corrected chi connectivity index (χ3v) is 7.29. The average Bonchev–Trinajstić information content (AvgIpc) is 2.89. The van der Waals surface area contributed by atoms with E-state index >= 15 is 0 Å². The lowest BCUT2D eigenvalue weighted by Gasteiger charge is -2.30. The maximum Gasteiger partial charge on any atom is 0.283 e. The van der Waals surface area contributed by atoms with E-state index in [0.29, 0.717) is 35.4 Å². The number of nitro groups is 1.